The van der Waals surface area contributed by atoms with Crippen molar-refractivity contribution in [3.05, 3.63) is 50.8 Å². The van der Waals surface area contributed by atoms with Crippen LogP contribution in [0, 0.1) is 0 Å². The Balaban J connectivity index is 2.23. The summed E-state index contributed by atoms with van der Waals surface area (Å²) in [5.41, 5.74) is -0.0677. The van der Waals surface area contributed by atoms with Crippen LogP contribution >= 0.6 is 23.4 Å². The fourth-order valence-corrected chi connectivity index (χ4v) is 3.16. The first kappa shape index (κ1) is 17.4. The van der Waals surface area contributed by atoms with Crippen LogP contribution < -0.4 is 16.6 Å². The van der Waals surface area contributed by atoms with Crippen molar-refractivity contribution in [1.82, 2.24) is 9.88 Å². The Bertz CT molecular complexity index is 988. The van der Waals surface area contributed by atoms with Crippen LogP contribution in [0.1, 0.15) is 20.7 Å². The third kappa shape index (κ3) is 3.10. The lowest BCUT2D eigenvalue weighted by Crippen LogP contribution is -2.24. The number of carbonyl (C=O) groups excluding carboxylic acids is 2. The third-order valence-electron chi connectivity index (χ3n) is 3.35. The van der Waals surface area contributed by atoms with Gasteiger partial charge in [0.1, 0.15) is 5.82 Å². The van der Waals surface area contributed by atoms with Gasteiger partial charge in [0.2, 0.25) is 0 Å². The summed E-state index contributed by atoms with van der Waals surface area (Å²) in [7, 11) is 0. The normalized spacial score (nSPS) is 13.8. The van der Waals surface area contributed by atoms with Gasteiger partial charge in [0.25, 0.3) is 17.4 Å². The molecule has 0 saturated heterocycles. The van der Waals surface area contributed by atoms with E-state index < -0.39 is 34.6 Å². The monoisotopic (exact) mass is 389 g/mol. The van der Waals surface area contributed by atoms with Gasteiger partial charge >= 0.3 is 5.51 Å². The molecule has 1 aliphatic rings. The largest absolute Gasteiger partial charge is 0.446 e. The molecule has 2 aromatic rings. The number of amides is 2. The van der Waals surface area contributed by atoms with Gasteiger partial charge in [0.05, 0.1) is 21.8 Å². The minimum Gasteiger partial charge on any atom is -0.384 e. The van der Waals surface area contributed by atoms with Crippen molar-refractivity contribution >= 4 is 41.0 Å². The van der Waals surface area contributed by atoms with Crippen molar-refractivity contribution in [2.75, 3.05) is 5.73 Å². The summed E-state index contributed by atoms with van der Waals surface area (Å²) in [5.74, 6) is -1.96. The number of pyridine rings is 1. The van der Waals surface area contributed by atoms with Crippen LogP contribution in [0.15, 0.2) is 34.0 Å². The molecule has 6 nitrogen and oxygen atoms in total. The number of alkyl halides is 3. The van der Waals surface area contributed by atoms with Crippen LogP contribution in [-0.2, 0) is 0 Å². The van der Waals surface area contributed by atoms with E-state index in [-0.39, 0.29) is 32.6 Å². The molecule has 0 fully saturated rings. The highest BCUT2D eigenvalue weighted by atomic mass is 35.5. The number of carbonyl (C=O) groups is 2. The van der Waals surface area contributed by atoms with Crippen LogP contribution in [0.2, 0.25) is 5.02 Å². The Hall–Kier alpha value is -2.46. The second-order valence-electron chi connectivity index (χ2n) is 4.94. The quantitative estimate of drug-likeness (QED) is 0.608. The van der Waals surface area contributed by atoms with Crippen LogP contribution in [-0.4, -0.2) is 21.9 Å². The lowest BCUT2D eigenvalue weighted by atomic mass is 10.1. The average molecular weight is 390 g/mol. The van der Waals surface area contributed by atoms with Gasteiger partial charge in [-0.3, -0.25) is 24.3 Å². The lowest BCUT2D eigenvalue weighted by molar-refractivity contribution is -0.0328. The van der Waals surface area contributed by atoms with Gasteiger partial charge < -0.3 is 5.73 Å². The van der Waals surface area contributed by atoms with E-state index in [0.29, 0.717) is 0 Å². The number of hydrogen-bond donors (Lipinski definition) is 2. The number of halogens is 4. The number of fused-ring (bicyclic) bond motifs is 1. The fraction of sp³-hybridized carbons (Fsp3) is 0.0714. The van der Waals surface area contributed by atoms with E-state index in [0.717, 1.165) is 22.8 Å². The van der Waals surface area contributed by atoms with Gasteiger partial charge in [0.15, 0.2) is 0 Å². The van der Waals surface area contributed by atoms with Gasteiger partial charge in [-0.05, 0) is 30.0 Å². The molecule has 0 aliphatic carbocycles. The summed E-state index contributed by atoms with van der Waals surface area (Å²) in [6.07, 6.45) is 0. The predicted octanol–water partition coefficient (Wildman–Crippen LogP) is 2.57. The highest BCUT2D eigenvalue weighted by Crippen LogP contribution is 2.39. The van der Waals surface area contributed by atoms with E-state index in [9.17, 15) is 27.6 Å². The van der Waals surface area contributed by atoms with Crippen molar-refractivity contribution in [2.24, 2.45) is 0 Å². The lowest BCUT2D eigenvalue weighted by Gasteiger charge is -2.15. The highest BCUT2D eigenvalue weighted by molar-refractivity contribution is 8.00. The van der Waals surface area contributed by atoms with E-state index in [1.807, 2.05) is 5.32 Å². The van der Waals surface area contributed by atoms with Gasteiger partial charge in [0, 0.05) is 11.0 Å². The zero-order valence-corrected chi connectivity index (χ0v) is 13.6. The van der Waals surface area contributed by atoms with Gasteiger partial charge in [-0.15, -0.1) is 0 Å². The molecule has 0 saturated carbocycles. The first-order valence-corrected chi connectivity index (χ1v) is 7.75. The molecule has 3 N–H and O–H groups in total. The summed E-state index contributed by atoms with van der Waals surface area (Å²) < 4.78 is 38.5. The zero-order chi connectivity index (χ0) is 18.5. The maximum Gasteiger partial charge on any atom is 0.446 e. The van der Waals surface area contributed by atoms with Crippen molar-refractivity contribution in [3.63, 3.8) is 0 Å². The molecule has 2 amide bonds. The summed E-state index contributed by atoms with van der Waals surface area (Å²) in [5, 5.41) is 1.94. The number of anilines is 1. The minimum atomic E-state index is -4.54. The van der Waals surface area contributed by atoms with Gasteiger partial charge in [-0.25, -0.2) is 0 Å². The molecule has 0 unspecified atom stereocenters. The molecule has 1 aromatic carbocycles. The van der Waals surface area contributed by atoms with E-state index in [2.05, 4.69) is 0 Å². The Labute approximate surface area is 146 Å². The fourth-order valence-electron chi connectivity index (χ4n) is 2.39. The van der Waals surface area contributed by atoms with Gasteiger partial charge in [-0.2, -0.15) is 13.2 Å². The number of aromatic nitrogens is 1. The molecule has 0 spiro atoms. The van der Waals surface area contributed by atoms with Crippen molar-refractivity contribution in [2.45, 2.75) is 10.4 Å². The van der Waals surface area contributed by atoms with Crippen LogP contribution in [0.3, 0.4) is 0 Å². The molecule has 3 rings (SSSR count). The summed E-state index contributed by atoms with van der Waals surface area (Å²) in [6.45, 7) is 0. The molecule has 0 radical (unpaired) electrons. The topological polar surface area (TPSA) is 94.2 Å². The number of thioether (sulfide) groups is 1. The standard InChI is InChI=1S/C14H7ClF3N3O3S/c15-7-2-1-5(25-14(16,17)18)3-8(7)21-9(22)4-6-10(11(21)19)13(24)20-12(6)23/h1-4H,19H2,(H,20,23,24). The molecule has 1 aromatic heterocycles. The Morgan fingerprint density at radius 2 is 1.80 bits per heavy atom. The van der Waals surface area contributed by atoms with Crippen LogP contribution in [0.5, 0.6) is 0 Å². The number of nitrogens with two attached hydrogens (primary N) is 1. The molecule has 25 heavy (non-hydrogen) atoms. The number of nitrogens with zero attached hydrogens (tertiary/aromatic N) is 1. The third-order valence-corrected chi connectivity index (χ3v) is 4.39. The SMILES string of the molecule is Nc1c2c(cc(=O)n1-c1cc(SC(F)(F)F)ccc1Cl)C(=O)NC2=O. The Morgan fingerprint density at radius 3 is 2.44 bits per heavy atom. The first-order valence-electron chi connectivity index (χ1n) is 6.55. The first-order chi connectivity index (χ1) is 11.6. The van der Waals surface area contributed by atoms with Crippen LogP contribution in [0.4, 0.5) is 19.0 Å². The second kappa shape index (κ2) is 5.81. The number of rotatable bonds is 2. The predicted molar refractivity (Wildman–Crippen MR) is 85.2 cm³/mol. The number of nitrogen functional groups attached to an aromatic ring is 1. The molecule has 11 heteroatoms. The minimum absolute atomic E-state index is 0.0509. The Morgan fingerprint density at radius 1 is 1.12 bits per heavy atom. The maximum atomic E-state index is 12.6. The molecule has 0 atom stereocenters. The van der Waals surface area contributed by atoms with Crippen molar-refractivity contribution < 1.29 is 22.8 Å². The summed E-state index contributed by atoms with van der Waals surface area (Å²) >= 11 is 5.60. The number of imide groups is 1. The number of nitrogens with one attached hydrogen (secondary N) is 1. The number of hydrogen-bond acceptors (Lipinski definition) is 5. The maximum absolute atomic E-state index is 12.6. The summed E-state index contributed by atoms with van der Waals surface area (Å²) in [6, 6.07) is 4.22. The van der Waals surface area contributed by atoms with Crippen LogP contribution in [0.25, 0.3) is 5.69 Å². The van der Waals surface area contributed by atoms with Crippen molar-refractivity contribution in [3.8, 4) is 5.69 Å². The van der Waals surface area contributed by atoms with Gasteiger partial charge in [-0.1, -0.05) is 11.6 Å². The summed E-state index contributed by atoms with van der Waals surface area (Å²) in [4.78, 5) is 35.5. The van der Waals surface area contributed by atoms with E-state index in [1.54, 1.807) is 0 Å². The highest BCUT2D eigenvalue weighted by Gasteiger charge is 2.33. The molecular weight excluding hydrogens is 383 g/mol. The molecule has 0 bridgehead atoms. The van der Waals surface area contributed by atoms with E-state index >= 15 is 0 Å². The molecule has 1 aliphatic heterocycles. The second-order valence-corrected chi connectivity index (χ2v) is 6.48. The van der Waals surface area contributed by atoms with Crippen molar-refractivity contribution in [1.29, 1.82) is 0 Å². The van der Waals surface area contributed by atoms with E-state index in [4.69, 9.17) is 17.3 Å². The molecule has 2 heterocycles. The Kier molecular flexibility index (Phi) is 4.04. The zero-order valence-electron chi connectivity index (χ0n) is 12.0. The smallest absolute Gasteiger partial charge is 0.384 e. The number of benzene rings is 1. The average Bonchev–Trinajstić information content (AvgIpc) is 2.75. The molecule has 130 valence electrons. The van der Waals surface area contributed by atoms with E-state index in [1.165, 1.54) is 6.07 Å². The molecular formula is C14H7ClF3N3O3S.